The molecule has 0 spiro atoms. The number of aliphatic hydroxyl groups is 1. The summed E-state index contributed by atoms with van der Waals surface area (Å²) in [6.07, 6.45) is 6.19. The summed E-state index contributed by atoms with van der Waals surface area (Å²) >= 11 is 0. The summed E-state index contributed by atoms with van der Waals surface area (Å²) < 4.78 is 1.51. The zero-order valence-corrected chi connectivity index (χ0v) is 14.2. The molecule has 0 unspecified atom stereocenters. The minimum absolute atomic E-state index is 0.00822. The van der Waals surface area contributed by atoms with Crippen molar-refractivity contribution >= 4 is 5.91 Å². The van der Waals surface area contributed by atoms with Crippen LogP contribution in [0.25, 0.3) is 0 Å². The Bertz CT molecular complexity index is 720. The fraction of sp³-hybridized carbons (Fsp3) is 0.556. The standard InChI is InChI=1S/C18H23N5O2/c24-17(22-11-10-18(25)9-5-4-8-15(18)12-22)16(23-13-19-20-21-23)14-6-2-1-3-7-14/h1-3,6-7,13,15-16,25H,4-5,8-12H2/t15-,16-,18-/m0/s1. The number of hydrogen-bond acceptors (Lipinski definition) is 5. The van der Waals surface area contributed by atoms with Gasteiger partial charge >= 0.3 is 0 Å². The largest absolute Gasteiger partial charge is 0.389 e. The van der Waals surface area contributed by atoms with Crippen LogP contribution in [0.2, 0.25) is 0 Å². The number of likely N-dealkylation sites (tertiary alicyclic amines) is 1. The Kier molecular flexibility index (Phi) is 4.25. The van der Waals surface area contributed by atoms with E-state index >= 15 is 0 Å². The second-order valence-corrected chi connectivity index (χ2v) is 7.18. The fourth-order valence-electron chi connectivity index (χ4n) is 4.27. The van der Waals surface area contributed by atoms with E-state index in [0.717, 1.165) is 31.2 Å². The van der Waals surface area contributed by atoms with Gasteiger partial charge in [0.15, 0.2) is 6.04 Å². The van der Waals surface area contributed by atoms with Crippen LogP contribution >= 0.6 is 0 Å². The van der Waals surface area contributed by atoms with Crippen molar-refractivity contribution in [1.82, 2.24) is 25.1 Å². The van der Waals surface area contributed by atoms with Crippen molar-refractivity contribution in [2.24, 2.45) is 5.92 Å². The number of amides is 1. The number of rotatable bonds is 3. The summed E-state index contributed by atoms with van der Waals surface area (Å²) in [5.74, 6) is 0.162. The Balaban J connectivity index is 1.59. The first-order valence-electron chi connectivity index (χ1n) is 8.96. The van der Waals surface area contributed by atoms with Crippen LogP contribution in [0, 0.1) is 5.92 Å². The maximum absolute atomic E-state index is 13.3. The highest BCUT2D eigenvalue weighted by molar-refractivity contribution is 5.83. The van der Waals surface area contributed by atoms with E-state index < -0.39 is 11.6 Å². The van der Waals surface area contributed by atoms with Crippen molar-refractivity contribution < 1.29 is 9.90 Å². The highest BCUT2D eigenvalue weighted by Crippen LogP contribution is 2.40. The van der Waals surface area contributed by atoms with Gasteiger partial charge in [0.2, 0.25) is 0 Å². The molecule has 1 aromatic heterocycles. The van der Waals surface area contributed by atoms with Gasteiger partial charge in [0.05, 0.1) is 5.60 Å². The lowest BCUT2D eigenvalue weighted by Gasteiger charge is -2.47. The highest BCUT2D eigenvalue weighted by Gasteiger charge is 2.44. The average Bonchev–Trinajstić information content (AvgIpc) is 3.16. The van der Waals surface area contributed by atoms with E-state index in [1.54, 1.807) is 0 Å². The third-order valence-electron chi connectivity index (χ3n) is 5.72. The topological polar surface area (TPSA) is 84.1 Å². The molecule has 1 aromatic carbocycles. The Hall–Kier alpha value is -2.28. The van der Waals surface area contributed by atoms with Crippen LogP contribution < -0.4 is 0 Å². The second kappa shape index (κ2) is 6.55. The minimum atomic E-state index is -0.591. The molecule has 7 nitrogen and oxygen atoms in total. The van der Waals surface area contributed by atoms with Crippen LogP contribution in [0.1, 0.15) is 43.7 Å². The third-order valence-corrected chi connectivity index (χ3v) is 5.72. The molecule has 132 valence electrons. The smallest absolute Gasteiger partial charge is 0.252 e. The lowest BCUT2D eigenvalue weighted by molar-refractivity contribution is -0.145. The number of carbonyl (C=O) groups excluding carboxylic acids is 1. The van der Waals surface area contributed by atoms with Gasteiger partial charge < -0.3 is 10.0 Å². The molecular weight excluding hydrogens is 318 g/mol. The van der Waals surface area contributed by atoms with Crippen molar-refractivity contribution in [2.45, 2.75) is 43.7 Å². The Morgan fingerprint density at radius 1 is 1.24 bits per heavy atom. The molecule has 25 heavy (non-hydrogen) atoms. The molecule has 4 rings (SSSR count). The molecule has 1 aliphatic heterocycles. The van der Waals surface area contributed by atoms with Gasteiger partial charge in [0, 0.05) is 19.0 Å². The molecule has 1 N–H and O–H groups in total. The van der Waals surface area contributed by atoms with Crippen molar-refractivity contribution in [1.29, 1.82) is 0 Å². The number of carbonyl (C=O) groups is 1. The molecular formula is C18H23N5O2. The van der Waals surface area contributed by atoms with E-state index in [9.17, 15) is 9.90 Å². The van der Waals surface area contributed by atoms with Crippen molar-refractivity contribution in [3.8, 4) is 0 Å². The fourth-order valence-corrected chi connectivity index (χ4v) is 4.27. The molecule has 1 saturated carbocycles. The van der Waals surface area contributed by atoms with Crippen LogP contribution in [-0.4, -0.2) is 54.8 Å². The zero-order chi connectivity index (χ0) is 17.3. The van der Waals surface area contributed by atoms with E-state index in [1.165, 1.54) is 11.0 Å². The highest BCUT2D eigenvalue weighted by atomic mass is 16.3. The van der Waals surface area contributed by atoms with Crippen molar-refractivity contribution in [3.05, 3.63) is 42.2 Å². The second-order valence-electron chi connectivity index (χ2n) is 7.18. The summed E-state index contributed by atoms with van der Waals surface area (Å²) in [7, 11) is 0. The van der Waals surface area contributed by atoms with Gasteiger partial charge in [0.1, 0.15) is 6.33 Å². The molecule has 0 radical (unpaired) electrons. The molecule has 3 atom stereocenters. The van der Waals surface area contributed by atoms with E-state index in [4.69, 9.17) is 0 Å². The van der Waals surface area contributed by atoms with Crippen LogP contribution in [0.15, 0.2) is 36.7 Å². The van der Waals surface area contributed by atoms with Crippen LogP contribution in [-0.2, 0) is 4.79 Å². The first-order valence-corrected chi connectivity index (χ1v) is 8.96. The van der Waals surface area contributed by atoms with E-state index in [-0.39, 0.29) is 11.8 Å². The van der Waals surface area contributed by atoms with Gasteiger partial charge in [-0.05, 0) is 35.3 Å². The third kappa shape index (κ3) is 3.04. The maximum Gasteiger partial charge on any atom is 0.252 e. The average molecular weight is 341 g/mol. The molecule has 1 aliphatic carbocycles. The molecule has 1 saturated heterocycles. The Morgan fingerprint density at radius 2 is 2.08 bits per heavy atom. The normalized spacial score (nSPS) is 27.6. The number of aromatic nitrogens is 4. The van der Waals surface area contributed by atoms with Gasteiger partial charge in [-0.1, -0.05) is 43.2 Å². The molecule has 2 aromatic rings. The Labute approximate surface area is 146 Å². The quantitative estimate of drug-likeness (QED) is 0.913. The molecule has 2 fully saturated rings. The minimum Gasteiger partial charge on any atom is -0.389 e. The number of tetrazole rings is 1. The number of nitrogens with zero attached hydrogens (tertiary/aromatic N) is 5. The number of benzene rings is 1. The molecule has 1 amide bonds. The monoisotopic (exact) mass is 341 g/mol. The van der Waals surface area contributed by atoms with Crippen LogP contribution in [0.5, 0.6) is 0 Å². The summed E-state index contributed by atoms with van der Waals surface area (Å²) in [5.41, 5.74) is 0.274. The van der Waals surface area contributed by atoms with E-state index in [2.05, 4.69) is 15.5 Å². The van der Waals surface area contributed by atoms with Gasteiger partial charge in [-0.25, -0.2) is 4.68 Å². The molecule has 2 heterocycles. The number of piperidine rings is 1. The lowest BCUT2D eigenvalue weighted by Crippen LogP contribution is -2.55. The molecule has 2 aliphatic rings. The van der Waals surface area contributed by atoms with Crippen LogP contribution in [0.4, 0.5) is 0 Å². The van der Waals surface area contributed by atoms with Crippen molar-refractivity contribution in [3.63, 3.8) is 0 Å². The summed E-state index contributed by atoms with van der Waals surface area (Å²) in [6.45, 7) is 1.19. The first-order chi connectivity index (χ1) is 12.2. The SMILES string of the molecule is O=C([C@H](c1ccccc1)n1cnnn1)N1CC[C@@]2(O)CCCC[C@H]2C1. The van der Waals surface area contributed by atoms with Gasteiger partial charge in [-0.2, -0.15) is 0 Å². The predicted octanol–water partition coefficient (Wildman–Crippen LogP) is 1.42. The molecule has 0 bridgehead atoms. The van der Waals surface area contributed by atoms with Gasteiger partial charge in [-0.15, -0.1) is 5.10 Å². The van der Waals surface area contributed by atoms with Crippen molar-refractivity contribution in [2.75, 3.05) is 13.1 Å². The number of hydrogen-bond donors (Lipinski definition) is 1. The molecule has 7 heteroatoms. The lowest BCUT2D eigenvalue weighted by atomic mass is 9.71. The first kappa shape index (κ1) is 16.2. The summed E-state index contributed by atoms with van der Waals surface area (Å²) in [4.78, 5) is 15.2. The number of fused-ring (bicyclic) bond motifs is 1. The summed E-state index contributed by atoms with van der Waals surface area (Å²) in [5, 5.41) is 22.2. The summed E-state index contributed by atoms with van der Waals surface area (Å²) in [6, 6.07) is 9.03. The van der Waals surface area contributed by atoms with Gasteiger partial charge in [-0.3, -0.25) is 4.79 Å². The van der Waals surface area contributed by atoms with Gasteiger partial charge in [0.25, 0.3) is 5.91 Å². The Morgan fingerprint density at radius 3 is 2.84 bits per heavy atom. The zero-order valence-electron chi connectivity index (χ0n) is 14.2. The van der Waals surface area contributed by atoms with E-state index in [0.29, 0.717) is 19.5 Å². The maximum atomic E-state index is 13.3. The predicted molar refractivity (Wildman–Crippen MR) is 90.5 cm³/mol. The van der Waals surface area contributed by atoms with E-state index in [1.807, 2.05) is 35.2 Å². The van der Waals surface area contributed by atoms with Crippen LogP contribution in [0.3, 0.4) is 0 Å².